The molecule has 130 valence electrons. The summed E-state index contributed by atoms with van der Waals surface area (Å²) in [6.07, 6.45) is 0. The molecule has 1 aromatic carbocycles. The maximum atomic E-state index is 11.2. The number of esters is 1. The van der Waals surface area contributed by atoms with E-state index in [1.807, 2.05) is 27.7 Å². The van der Waals surface area contributed by atoms with Gasteiger partial charge in [0.15, 0.2) is 0 Å². The maximum Gasteiger partial charge on any atom is 0.302 e. The molecule has 0 saturated carbocycles. The third kappa shape index (κ3) is 3.24. The SMILES string of the molecule is CC(=O)OCc1c(C)c(C)c(-c2nc(N)nc(N)c2C#N)c(C)c1C. The van der Waals surface area contributed by atoms with Crippen LogP contribution in [0.5, 0.6) is 0 Å². The zero-order valence-electron chi connectivity index (χ0n) is 15.0. The van der Waals surface area contributed by atoms with Gasteiger partial charge in [-0.1, -0.05) is 0 Å². The predicted octanol–water partition coefficient (Wildman–Crippen LogP) is 2.48. The molecule has 0 bridgehead atoms. The van der Waals surface area contributed by atoms with Gasteiger partial charge >= 0.3 is 5.97 Å². The van der Waals surface area contributed by atoms with Crippen molar-refractivity contribution < 1.29 is 9.53 Å². The number of ether oxygens (including phenoxy) is 1. The third-order valence-electron chi connectivity index (χ3n) is 4.50. The largest absolute Gasteiger partial charge is 0.461 e. The van der Waals surface area contributed by atoms with E-state index in [4.69, 9.17) is 16.2 Å². The Kier molecular flexibility index (Phi) is 4.93. The van der Waals surface area contributed by atoms with Gasteiger partial charge in [0.2, 0.25) is 5.95 Å². The van der Waals surface area contributed by atoms with Crippen molar-refractivity contribution in [1.82, 2.24) is 9.97 Å². The van der Waals surface area contributed by atoms with Crippen molar-refractivity contribution >= 4 is 17.7 Å². The van der Waals surface area contributed by atoms with Crippen LogP contribution in [0.4, 0.5) is 11.8 Å². The van der Waals surface area contributed by atoms with Gasteiger partial charge in [-0.3, -0.25) is 4.79 Å². The molecule has 2 aromatic rings. The maximum absolute atomic E-state index is 11.2. The Balaban J connectivity index is 2.78. The van der Waals surface area contributed by atoms with Gasteiger partial charge in [0.1, 0.15) is 24.1 Å². The van der Waals surface area contributed by atoms with E-state index in [1.165, 1.54) is 6.92 Å². The fourth-order valence-electron chi connectivity index (χ4n) is 2.92. The summed E-state index contributed by atoms with van der Waals surface area (Å²) in [6, 6.07) is 2.06. The van der Waals surface area contributed by atoms with Crippen LogP contribution in [0.2, 0.25) is 0 Å². The van der Waals surface area contributed by atoms with Crippen molar-refractivity contribution in [3.05, 3.63) is 33.4 Å². The van der Waals surface area contributed by atoms with E-state index in [2.05, 4.69) is 16.0 Å². The molecular formula is C18H21N5O2. The minimum absolute atomic E-state index is 0.0181. The first-order chi connectivity index (χ1) is 11.7. The molecule has 0 radical (unpaired) electrons. The molecular weight excluding hydrogens is 318 g/mol. The molecule has 1 heterocycles. The van der Waals surface area contributed by atoms with E-state index in [0.29, 0.717) is 5.69 Å². The summed E-state index contributed by atoms with van der Waals surface area (Å²) in [5.74, 6) is -0.256. The molecule has 0 amide bonds. The molecule has 0 saturated heterocycles. The number of nitriles is 1. The fraction of sp³-hybridized carbons (Fsp3) is 0.333. The number of hydrogen-bond donors (Lipinski definition) is 2. The van der Waals surface area contributed by atoms with Crippen LogP contribution in [0.1, 0.15) is 40.3 Å². The molecule has 0 aliphatic heterocycles. The van der Waals surface area contributed by atoms with E-state index in [9.17, 15) is 10.1 Å². The Hall–Kier alpha value is -3.14. The monoisotopic (exact) mass is 339 g/mol. The number of hydrogen-bond acceptors (Lipinski definition) is 7. The molecule has 2 rings (SSSR count). The first-order valence-electron chi connectivity index (χ1n) is 7.75. The van der Waals surface area contributed by atoms with Gasteiger partial charge in [-0.05, 0) is 55.5 Å². The number of carbonyl (C=O) groups excluding carboxylic acids is 1. The van der Waals surface area contributed by atoms with Crippen LogP contribution in [0.25, 0.3) is 11.3 Å². The highest BCUT2D eigenvalue weighted by Crippen LogP contribution is 2.36. The van der Waals surface area contributed by atoms with Gasteiger partial charge in [0, 0.05) is 12.5 Å². The normalized spacial score (nSPS) is 10.4. The number of anilines is 2. The lowest BCUT2D eigenvalue weighted by Crippen LogP contribution is -2.10. The topological polar surface area (TPSA) is 128 Å². The number of aromatic nitrogens is 2. The highest BCUT2D eigenvalue weighted by Gasteiger charge is 2.21. The predicted molar refractivity (Wildman–Crippen MR) is 95.4 cm³/mol. The van der Waals surface area contributed by atoms with Gasteiger partial charge in [-0.25, -0.2) is 4.98 Å². The standard InChI is InChI=1S/C18H21N5O2/c1-8-10(3)15(11(4)9(2)14(8)7-25-12(5)24)16-13(6-19)17(20)23-18(21)22-16/h7H2,1-5H3,(H4,20,21,22,23). The van der Waals surface area contributed by atoms with Gasteiger partial charge in [-0.2, -0.15) is 10.2 Å². The molecule has 0 spiro atoms. The smallest absolute Gasteiger partial charge is 0.302 e. The van der Waals surface area contributed by atoms with Gasteiger partial charge in [0.25, 0.3) is 0 Å². The summed E-state index contributed by atoms with van der Waals surface area (Å²) in [7, 11) is 0. The van der Waals surface area contributed by atoms with Crippen LogP contribution < -0.4 is 11.5 Å². The van der Waals surface area contributed by atoms with Crippen LogP contribution in [-0.4, -0.2) is 15.9 Å². The first-order valence-corrected chi connectivity index (χ1v) is 7.75. The quantitative estimate of drug-likeness (QED) is 0.822. The lowest BCUT2D eigenvalue weighted by Gasteiger charge is -2.21. The van der Waals surface area contributed by atoms with Gasteiger partial charge < -0.3 is 16.2 Å². The highest BCUT2D eigenvalue weighted by molar-refractivity contribution is 5.79. The van der Waals surface area contributed by atoms with Crippen molar-refractivity contribution in [2.45, 2.75) is 41.2 Å². The molecule has 0 aliphatic rings. The Morgan fingerprint density at radius 3 is 2.12 bits per heavy atom. The first kappa shape index (κ1) is 18.2. The van der Waals surface area contributed by atoms with E-state index < -0.39 is 0 Å². The Morgan fingerprint density at radius 2 is 1.64 bits per heavy atom. The zero-order valence-corrected chi connectivity index (χ0v) is 15.0. The molecule has 0 atom stereocenters. The highest BCUT2D eigenvalue weighted by atomic mass is 16.5. The summed E-state index contributed by atoms with van der Waals surface area (Å²) in [5.41, 5.74) is 17.8. The summed E-state index contributed by atoms with van der Waals surface area (Å²) in [4.78, 5) is 19.3. The average Bonchev–Trinajstić information content (AvgIpc) is 2.52. The van der Waals surface area contributed by atoms with Crippen LogP contribution in [0.3, 0.4) is 0 Å². The van der Waals surface area contributed by atoms with Crippen molar-refractivity contribution in [3.63, 3.8) is 0 Å². The van der Waals surface area contributed by atoms with E-state index >= 15 is 0 Å². The Bertz CT molecular complexity index is 884. The number of nitrogens with zero attached hydrogens (tertiary/aromatic N) is 3. The molecule has 0 fully saturated rings. The molecule has 4 N–H and O–H groups in total. The van der Waals surface area contributed by atoms with E-state index in [0.717, 1.165) is 33.4 Å². The summed E-state index contributed by atoms with van der Waals surface area (Å²) < 4.78 is 5.17. The van der Waals surface area contributed by atoms with Crippen molar-refractivity contribution in [3.8, 4) is 17.3 Å². The van der Waals surface area contributed by atoms with Crippen LogP contribution >= 0.6 is 0 Å². The number of benzene rings is 1. The summed E-state index contributed by atoms with van der Waals surface area (Å²) in [6.45, 7) is 9.35. The third-order valence-corrected chi connectivity index (χ3v) is 4.50. The molecule has 7 heteroatoms. The molecule has 25 heavy (non-hydrogen) atoms. The minimum atomic E-state index is -0.332. The molecule has 0 unspecified atom stereocenters. The Labute approximate surface area is 146 Å². The zero-order chi connectivity index (χ0) is 18.9. The van der Waals surface area contributed by atoms with E-state index in [-0.39, 0.29) is 29.9 Å². The molecule has 0 aliphatic carbocycles. The van der Waals surface area contributed by atoms with Crippen LogP contribution in [0.15, 0.2) is 0 Å². The lowest BCUT2D eigenvalue weighted by molar-refractivity contribution is -0.142. The van der Waals surface area contributed by atoms with Crippen molar-refractivity contribution in [1.29, 1.82) is 5.26 Å². The average molecular weight is 339 g/mol. The van der Waals surface area contributed by atoms with Crippen LogP contribution in [0, 0.1) is 39.0 Å². The second-order valence-corrected chi connectivity index (χ2v) is 5.94. The number of nitrogen functional groups attached to an aromatic ring is 2. The minimum Gasteiger partial charge on any atom is -0.461 e. The second-order valence-electron chi connectivity index (χ2n) is 5.94. The van der Waals surface area contributed by atoms with Gasteiger partial charge in [-0.15, -0.1) is 0 Å². The van der Waals surface area contributed by atoms with Crippen LogP contribution in [-0.2, 0) is 16.1 Å². The van der Waals surface area contributed by atoms with Crippen molar-refractivity contribution in [2.24, 2.45) is 0 Å². The van der Waals surface area contributed by atoms with Gasteiger partial charge in [0.05, 0.1) is 5.69 Å². The number of nitrogens with two attached hydrogens (primary N) is 2. The summed E-state index contributed by atoms with van der Waals surface area (Å²) >= 11 is 0. The second kappa shape index (κ2) is 6.77. The Morgan fingerprint density at radius 1 is 1.08 bits per heavy atom. The number of rotatable bonds is 3. The van der Waals surface area contributed by atoms with Crippen molar-refractivity contribution in [2.75, 3.05) is 11.5 Å². The fourth-order valence-corrected chi connectivity index (χ4v) is 2.92. The summed E-state index contributed by atoms with van der Waals surface area (Å²) in [5, 5.41) is 9.46. The lowest BCUT2D eigenvalue weighted by atomic mass is 9.86. The molecule has 7 nitrogen and oxygen atoms in total. The molecule has 1 aromatic heterocycles. The van der Waals surface area contributed by atoms with E-state index in [1.54, 1.807) is 0 Å². The number of carbonyl (C=O) groups is 1.